The van der Waals surface area contributed by atoms with E-state index in [0.717, 1.165) is 40.7 Å². The number of carbonyl (C=O) groups excluding carboxylic acids is 3. The van der Waals surface area contributed by atoms with Crippen molar-refractivity contribution in [1.82, 2.24) is 15.2 Å². The van der Waals surface area contributed by atoms with Gasteiger partial charge in [-0.1, -0.05) is 36.4 Å². The van der Waals surface area contributed by atoms with E-state index in [1.165, 1.54) is 0 Å². The van der Waals surface area contributed by atoms with Crippen LogP contribution >= 0.6 is 0 Å². The topological polar surface area (TPSA) is 129 Å². The molecular formula is C33H36N6O3. The van der Waals surface area contributed by atoms with Gasteiger partial charge in [0, 0.05) is 36.6 Å². The first kappa shape index (κ1) is 26.8. The Labute approximate surface area is 245 Å². The third kappa shape index (κ3) is 4.30. The highest BCUT2D eigenvalue weighted by molar-refractivity contribution is 6.06. The van der Waals surface area contributed by atoms with Gasteiger partial charge < -0.3 is 26.6 Å². The lowest BCUT2D eigenvalue weighted by molar-refractivity contribution is -0.148. The molecule has 3 saturated carbocycles. The van der Waals surface area contributed by atoms with Crippen LogP contribution in [0.2, 0.25) is 0 Å². The summed E-state index contributed by atoms with van der Waals surface area (Å²) >= 11 is 0. The Morgan fingerprint density at radius 2 is 1.83 bits per heavy atom. The Hall–Kier alpha value is -4.08. The van der Waals surface area contributed by atoms with Crippen LogP contribution in [0.5, 0.6) is 0 Å². The number of rotatable bonds is 8. The van der Waals surface area contributed by atoms with E-state index in [0.29, 0.717) is 49.8 Å². The standard InChI is InChI=1S/C33H36N6O3/c1-35-17-21-5-2-3-6-22(21)18-39(31(42)32-12-24(13-32)27(34)16-32)19-28(40)37-25-9-8-20-14-33(15-23(20)11-25)26-7-4-10-36-29(26)38-30(33)41/h2-11,24,27,35H,12-19,34H2,1H3,(H,37,40)(H,36,38,41)/t24?,27-,32?,33?/m0/s1. The molecule has 9 nitrogen and oxygen atoms in total. The van der Waals surface area contributed by atoms with E-state index in [4.69, 9.17) is 5.73 Å². The van der Waals surface area contributed by atoms with Crippen molar-refractivity contribution < 1.29 is 14.4 Å². The summed E-state index contributed by atoms with van der Waals surface area (Å²) < 4.78 is 0. The minimum absolute atomic E-state index is 0.0246. The average Bonchev–Trinajstić information content (AvgIpc) is 3.67. The van der Waals surface area contributed by atoms with E-state index in [1.54, 1.807) is 11.1 Å². The quantitative estimate of drug-likeness (QED) is 0.333. The SMILES string of the molecule is CNCc1ccccc1CN(CC(=O)Nc1ccc2c(c1)CC1(C2)C(=O)Nc2ncccc21)C(=O)C12CC(C1)[C@@H](N)C2. The number of fused-ring (bicyclic) bond motifs is 4. The summed E-state index contributed by atoms with van der Waals surface area (Å²) in [7, 11) is 1.90. The summed E-state index contributed by atoms with van der Waals surface area (Å²) in [6.07, 6.45) is 5.13. The molecule has 8 rings (SSSR count). The van der Waals surface area contributed by atoms with Gasteiger partial charge in [0.05, 0.1) is 10.8 Å². The zero-order valence-corrected chi connectivity index (χ0v) is 23.8. The number of anilines is 2. The van der Waals surface area contributed by atoms with Crippen molar-refractivity contribution in [3.63, 3.8) is 0 Å². The molecule has 2 heterocycles. The highest BCUT2D eigenvalue weighted by atomic mass is 16.2. The van der Waals surface area contributed by atoms with Gasteiger partial charge in [-0.05, 0) is 85.5 Å². The number of benzene rings is 2. The molecule has 3 aromatic rings. The van der Waals surface area contributed by atoms with E-state index in [2.05, 4.69) is 20.9 Å². The molecule has 0 radical (unpaired) electrons. The number of aromatic nitrogens is 1. The molecule has 216 valence electrons. The van der Waals surface area contributed by atoms with Gasteiger partial charge in [0.1, 0.15) is 12.4 Å². The zero-order chi connectivity index (χ0) is 29.1. The Morgan fingerprint density at radius 3 is 2.60 bits per heavy atom. The number of amides is 3. The lowest BCUT2D eigenvalue weighted by Gasteiger charge is -2.40. The van der Waals surface area contributed by atoms with Crippen LogP contribution in [-0.4, -0.2) is 47.2 Å². The Morgan fingerprint density at radius 1 is 1.05 bits per heavy atom. The number of nitrogens with one attached hydrogen (secondary N) is 3. The number of pyridine rings is 1. The van der Waals surface area contributed by atoms with Gasteiger partial charge in [0.25, 0.3) is 0 Å². The highest BCUT2D eigenvalue weighted by Gasteiger charge is 2.60. The second-order valence-corrected chi connectivity index (χ2v) is 12.6. The Balaban J connectivity index is 1.10. The van der Waals surface area contributed by atoms with Crippen LogP contribution in [0.3, 0.4) is 0 Å². The molecule has 9 heteroatoms. The first-order valence-electron chi connectivity index (χ1n) is 14.8. The lowest BCUT2D eigenvalue weighted by Crippen LogP contribution is -2.49. The molecule has 4 aliphatic carbocycles. The molecule has 5 N–H and O–H groups in total. The first-order chi connectivity index (χ1) is 20.3. The highest BCUT2D eigenvalue weighted by Crippen LogP contribution is 2.59. The molecule has 1 spiro atoms. The first-order valence-corrected chi connectivity index (χ1v) is 14.8. The normalized spacial score (nSPS) is 26.4. The summed E-state index contributed by atoms with van der Waals surface area (Å²) in [6.45, 7) is 0.996. The van der Waals surface area contributed by atoms with Gasteiger partial charge >= 0.3 is 0 Å². The van der Waals surface area contributed by atoms with E-state index < -0.39 is 10.8 Å². The summed E-state index contributed by atoms with van der Waals surface area (Å²) in [5.41, 5.74) is 11.0. The molecule has 1 unspecified atom stereocenters. The molecule has 3 amide bonds. The number of nitrogens with two attached hydrogens (primary N) is 1. The van der Waals surface area contributed by atoms with Crippen molar-refractivity contribution >= 4 is 29.2 Å². The van der Waals surface area contributed by atoms with Crippen molar-refractivity contribution in [1.29, 1.82) is 0 Å². The zero-order valence-electron chi connectivity index (χ0n) is 23.8. The van der Waals surface area contributed by atoms with Gasteiger partial charge in [-0.25, -0.2) is 4.98 Å². The molecule has 3 fully saturated rings. The van der Waals surface area contributed by atoms with Gasteiger partial charge in [0.2, 0.25) is 17.7 Å². The minimum Gasteiger partial charge on any atom is -0.329 e. The number of carbonyl (C=O) groups is 3. The molecular weight excluding hydrogens is 528 g/mol. The van der Waals surface area contributed by atoms with Gasteiger partial charge in [-0.15, -0.1) is 0 Å². The van der Waals surface area contributed by atoms with E-state index in [-0.39, 0.29) is 30.3 Å². The molecule has 42 heavy (non-hydrogen) atoms. The van der Waals surface area contributed by atoms with Crippen LogP contribution < -0.4 is 21.7 Å². The van der Waals surface area contributed by atoms with Crippen molar-refractivity contribution in [2.45, 2.75) is 56.7 Å². The van der Waals surface area contributed by atoms with Gasteiger partial charge in [-0.3, -0.25) is 14.4 Å². The van der Waals surface area contributed by atoms with Crippen molar-refractivity contribution in [2.24, 2.45) is 17.1 Å². The molecule has 2 aromatic carbocycles. The predicted octanol–water partition coefficient (Wildman–Crippen LogP) is 2.88. The lowest BCUT2D eigenvalue weighted by atomic mass is 9.68. The number of hydrogen-bond donors (Lipinski definition) is 4. The van der Waals surface area contributed by atoms with E-state index >= 15 is 0 Å². The van der Waals surface area contributed by atoms with Crippen molar-refractivity contribution in [2.75, 3.05) is 24.2 Å². The van der Waals surface area contributed by atoms with E-state index in [1.807, 2.05) is 61.6 Å². The summed E-state index contributed by atoms with van der Waals surface area (Å²) in [4.78, 5) is 46.6. The Kier molecular flexibility index (Phi) is 6.40. The van der Waals surface area contributed by atoms with Crippen LogP contribution in [0.15, 0.2) is 60.8 Å². The van der Waals surface area contributed by atoms with Crippen LogP contribution in [-0.2, 0) is 45.7 Å². The smallest absolute Gasteiger partial charge is 0.244 e. The third-order valence-electron chi connectivity index (χ3n) is 9.92. The fourth-order valence-corrected chi connectivity index (χ4v) is 7.83. The van der Waals surface area contributed by atoms with Crippen molar-refractivity contribution in [3.8, 4) is 0 Å². The van der Waals surface area contributed by atoms with Gasteiger partial charge in [0.15, 0.2) is 0 Å². The Bertz CT molecular complexity index is 1600. The molecule has 0 saturated heterocycles. The third-order valence-corrected chi connectivity index (χ3v) is 9.92. The molecule has 1 aliphatic heterocycles. The second-order valence-electron chi connectivity index (χ2n) is 12.6. The average molecular weight is 565 g/mol. The molecule has 5 aliphatic rings. The largest absolute Gasteiger partial charge is 0.329 e. The summed E-state index contributed by atoms with van der Waals surface area (Å²) in [5.74, 6) is 0.780. The molecule has 2 bridgehead atoms. The summed E-state index contributed by atoms with van der Waals surface area (Å²) in [5, 5.41) is 9.17. The molecule has 1 aromatic heterocycles. The van der Waals surface area contributed by atoms with E-state index in [9.17, 15) is 14.4 Å². The maximum absolute atomic E-state index is 14.0. The maximum atomic E-state index is 14.0. The fourth-order valence-electron chi connectivity index (χ4n) is 7.83. The fraction of sp³-hybridized carbons (Fsp3) is 0.394. The second kappa shape index (κ2) is 10.0. The van der Waals surface area contributed by atoms with Crippen LogP contribution in [0.1, 0.15) is 47.1 Å². The summed E-state index contributed by atoms with van der Waals surface area (Å²) in [6, 6.07) is 17.8. The van der Waals surface area contributed by atoms with Crippen LogP contribution in [0, 0.1) is 11.3 Å². The minimum atomic E-state index is -0.666. The predicted molar refractivity (Wildman–Crippen MR) is 159 cm³/mol. The maximum Gasteiger partial charge on any atom is 0.244 e. The van der Waals surface area contributed by atoms with Crippen molar-refractivity contribution in [3.05, 3.63) is 88.6 Å². The van der Waals surface area contributed by atoms with Crippen LogP contribution in [0.25, 0.3) is 0 Å². The number of hydrogen-bond acceptors (Lipinski definition) is 6. The molecule has 2 atom stereocenters. The van der Waals surface area contributed by atoms with Crippen LogP contribution in [0.4, 0.5) is 11.5 Å². The number of nitrogens with zero attached hydrogens (tertiary/aromatic N) is 2. The monoisotopic (exact) mass is 564 g/mol. The van der Waals surface area contributed by atoms with Gasteiger partial charge in [-0.2, -0.15) is 0 Å².